The number of anilines is 1. The molecule has 0 bridgehead atoms. The van der Waals surface area contributed by atoms with E-state index >= 15 is 0 Å². The van der Waals surface area contributed by atoms with Crippen LogP contribution in [0, 0.1) is 18.2 Å². The summed E-state index contributed by atoms with van der Waals surface area (Å²) >= 11 is 3.10. The Morgan fingerprint density at radius 1 is 1.27 bits per heavy atom. The Bertz CT molecular complexity index is 708. The van der Waals surface area contributed by atoms with Gasteiger partial charge in [-0.3, -0.25) is 4.79 Å². The van der Waals surface area contributed by atoms with Gasteiger partial charge in [0.2, 0.25) is 5.91 Å². The topological polar surface area (TPSA) is 38.3 Å². The molecule has 0 saturated carbocycles. The Morgan fingerprint density at radius 3 is 2.68 bits per heavy atom. The van der Waals surface area contributed by atoms with Crippen molar-refractivity contribution < 1.29 is 13.9 Å². The summed E-state index contributed by atoms with van der Waals surface area (Å²) in [5.41, 5.74) is 0.939. The van der Waals surface area contributed by atoms with Gasteiger partial charge in [-0.25, -0.2) is 4.39 Å². The van der Waals surface area contributed by atoms with Gasteiger partial charge in [0.1, 0.15) is 18.2 Å². The highest BCUT2D eigenvalue weighted by Crippen LogP contribution is 2.20. The van der Waals surface area contributed by atoms with Crippen LogP contribution in [0.25, 0.3) is 0 Å². The summed E-state index contributed by atoms with van der Waals surface area (Å²) in [4.78, 5) is 12.0. The van der Waals surface area contributed by atoms with Gasteiger partial charge in [0.15, 0.2) is 0 Å². The fraction of sp³-hybridized carbons (Fsp3) is 0.118. The minimum Gasteiger partial charge on any atom is -0.481 e. The standard InChI is InChI=1S/C17H13BrFNO2/c1-2-10-22-14-8-6-13(7-9-14)20-16(21)11-12-4-3-5-15(18)17(12)19/h1,3-9H,10-11H2,(H,20,21). The zero-order valence-corrected chi connectivity index (χ0v) is 13.2. The van der Waals surface area contributed by atoms with Crippen LogP contribution in [0.5, 0.6) is 5.75 Å². The van der Waals surface area contributed by atoms with Crippen molar-refractivity contribution >= 4 is 27.5 Å². The Kier molecular flexibility index (Phi) is 5.56. The van der Waals surface area contributed by atoms with E-state index in [1.54, 1.807) is 42.5 Å². The number of hydrogen-bond acceptors (Lipinski definition) is 2. The number of halogens is 2. The van der Waals surface area contributed by atoms with Gasteiger partial charge in [-0.2, -0.15) is 0 Å². The van der Waals surface area contributed by atoms with Gasteiger partial charge in [-0.05, 0) is 51.8 Å². The van der Waals surface area contributed by atoms with Crippen LogP contribution >= 0.6 is 15.9 Å². The first kappa shape index (κ1) is 16.1. The molecule has 0 saturated heterocycles. The molecule has 2 rings (SSSR count). The molecule has 0 aliphatic rings. The van der Waals surface area contributed by atoms with Crippen LogP contribution in [-0.4, -0.2) is 12.5 Å². The molecule has 22 heavy (non-hydrogen) atoms. The smallest absolute Gasteiger partial charge is 0.228 e. The summed E-state index contributed by atoms with van der Waals surface area (Å²) in [6, 6.07) is 11.6. The number of amides is 1. The van der Waals surface area contributed by atoms with Crippen LogP contribution in [-0.2, 0) is 11.2 Å². The van der Waals surface area contributed by atoms with Crippen molar-refractivity contribution in [3.05, 3.63) is 58.3 Å². The Labute approximate surface area is 136 Å². The maximum atomic E-state index is 13.8. The average molecular weight is 362 g/mol. The molecule has 0 heterocycles. The number of terminal acetylenes is 1. The Morgan fingerprint density at radius 2 is 2.00 bits per heavy atom. The first-order chi connectivity index (χ1) is 10.6. The number of carbonyl (C=O) groups excluding carboxylic acids is 1. The number of ether oxygens (including phenoxy) is 1. The molecule has 1 amide bonds. The summed E-state index contributed by atoms with van der Waals surface area (Å²) in [5.74, 6) is 2.27. The van der Waals surface area contributed by atoms with Crippen LogP contribution in [0.2, 0.25) is 0 Å². The van der Waals surface area contributed by atoms with E-state index in [1.807, 2.05) is 0 Å². The monoisotopic (exact) mass is 361 g/mol. The highest BCUT2D eigenvalue weighted by molar-refractivity contribution is 9.10. The Hall–Kier alpha value is -2.32. The first-order valence-electron chi connectivity index (χ1n) is 6.49. The molecule has 0 spiro atoms. The molecule has 0 aromatic heterocycles. The lowest BCUT2D eigenvalue weighted by Crippen LogP contribution is -2.15. The summed E-state index contributed by atoms with van der Waals surface area (Å²) in [5, 5.41) is 2.70. The molecule has 1 N–H and O–H groups in total. The van der Waals surface area contributed by atoms with Gasteiger partial charge < -0.3 is 10.1 Å². The minimum atomic E-state index is -0.421. The zero-order chi connectivity index (χ0) is 15.9. The first-order valence-corrected chi connectivity index (χ1v) is 7.28. The van der Waals surface area contributed by atoms with Crippen molar-refractivity contribution in [3.63, 3.8) is 0 Å². The molecule has 2 aromatic carbocycles. The maximum Gasteiger partial charge on any atom is 0.228 e. The maximum absolute atomic E-state index is 13.8. The lowest BCUT2D eigenvalue weighted by Gasteiger charge is -2.08. The predicted molar refractivity (Wildman–Crippen MR) is 87.2 cm³/mol. The summed E-state index contributed by atoms with van der Waals surface area (Å²) in [6.07, 6.45) is 5.06. The largest absolute Gasteiger partial charge is 0.481 e. The summed E-state index contributed by atoms with van der Waals surface area (Å²) in [7, 11) is 0. The van der Waals surface area contributed by atoms with Crippen molar-refractivity contribution in [1.82, 2.24) is 0 Å². The SMILES string of the molecule is C#CCOc1ccc(NC(=O)Cc2cccc(Br)c2F)cc1. The van der Waals surface area contributed by atoms with E-state index in [1.165, 1.54) is 0 Å². The molecule has 0 atom stereocenters. The lowest BCUT2D eigenvalue weighted by atomic mass is 10.1. The molecule has 3 nitrogen and oxygen atoms in total. The van der Waals surface area contributed by atoms with Gasteiger partial charge in [0.05, 0.1) is 10.9 Å². The van der Waals surface area contributed by atoms with Crippen LogP contribution in [0.4, 0.5) is 10.1 Å². The number of hydrogen-bond donors (Lipinski definition) is 1. The van der Waals surface area contributed by atoms with Crippen molar-refractivity contribution in [3.8, 4) is 18.1 Å². The third kappa shape index (κ3) is 4.34. The van der Waals surface area contributed by atoms with Gasteiger partial charge in [0.25, 0.3) is 0 Å². The van der Waals surface area contributed by atoms with E-state index in [0.29, 0.717) is 21.5 Å². The number of carbonyl (C=O) groups is 1. The molecule has 5 heteroatoms. The lowest BCUT2D eigenvalue weighted by molar-refractivity contribution is -0.115. The predicted octanol–water partition coefficient (Wildman–Crippen LogP) is 3.78. The zero-order valence-electron chi connectivity index (χ0n) is 11.6. The van der Waals surface area contributed by atoms with Crippen molar-refractivity contribution in [2.45, 2.75) is 6.42 Å². The fourth-order valence-electron chi connectivity index (χ4n) is 1.82. The molecule has 0 fully saturated rings. The fourth-order valence-corrected chi connectivity index (χ4v) is 2.23. The van der Waals surface area contributed by atoms with E-state index in [2.05, 4.69) is 27.2 Å². The summed E-state index contributed by atoms with van der Waals surface area (Å²) < 4.78 is 19.4. The van der Waals surface area contributed by atoms with Crippen molar-refractivity contribution in [2.24, 2.45) is 0 Å². The number of nitrogens with one attached hydrogen (secondary N) is 1. The van der Waals surface area contributed by atoms with Crippen LogP contribution < -0.4 is 10.1 Å². The van der Waals surface area contributed by atoms with E-state index in [-0.39, 0.29) is 18.9 Å². The highest BCUT2D eigenvalue weighted by Gasteiger charge is 2.10. The van der Waals surface area contributed by atoms with Gasteiger partial charge >= 0.3 is 0 Å². The Balaban J connectivity index is 1.97. The van der Waals surface area contributed by atoms with E-state index in [0.717, 1.165) is 0 Å². The number of benzene rings is 2. The molecular weight excluding hydrogens is 349 g/mol. The number of rotatable bonds is 5. The molecular formula is C17H13BrFNO2. The minimum absolute atomic E-state index is 0.0411. The quantitative estimate of drug-likeness (QED) is 0.823. The van der Waals surface area contributed by atoms with Gasteiger partial charge in [0, 0.05) is 5.69 Å². The van der Waals surface area contributed by atoms with Crippen LogP contribution in [0.1, 0.15) is 5.56 Å². The molecule has 2 aromatic rings. The van der Waals surface area contributed by atoms with Crippen LogP contribution in [0.3, 0.4) is 0 Å². The van der Waals surface area contributed by atoms with Crippen molar-refractivity contribution in [2.75, 3.05) is 11.9 Å². The normalized spacial score (nSPS) is 9.86. The third-order valence-electron chi connectivity index (χ3n) is 2.84. The van der Waals surface area contributed by atoms with Crippen LogP contribution in [0.15, 0.2) is 46.9 Å². The van der Waals surface area contributed by atoms with E-state index < -0.39 is 5.82 Å². The van der Waals surface area contributed by atoms with Gasteiger partial charge in [-0.15, -0.1) is 6.42 Å². The van der Waals surface area contributed by atoms with E-state index in [9.17, 15) is 9.18 Å². The summed E-state index contributed by atoms with van der Waals surface area (Å²) in [6.45, 7) is 0.188. The second kappa shape index (κ2) is 7.62. The van der Waals surface area contributed by atoms with Crippen molar-refractivity contribution in [1.29, 1.82) is 0 Å². The highest BCUT2D eigenvalue weighted by atomic mass is 79.9. The third-order valence-corrected chi connectivity index (χ3v) is 3.46. The van der Waals surface area contributed by atoms with E-state index in [4.69, 9.17) is 11.2 Å². The van der Waals surface area contributed by atoms with Gasteiger partial charge in [-0.1, -0.05) is 18.1 Å². The average Bonchev–Trinajstić information content (AvgIpc) is 2.51. The molecule has 0 radical (unpaired) electrons. The molecule has 112 valence electrons. The second-order valence-corrected chi connectivity index (χ2v) is 5.31. The molecule has 0 unspecified atom stereocenters. The molecule has 0 aliphatic carbocycles. The second-order valence-electron chi connectivity index (χ2n) is 4.46. The molecule has 0 aliphatic heterocycles.